The second-order valence-electron chi connectivity index (χ2n) is 7.53. The van der Waals surface area contributed by atoms with Crippen molar-refractivity contribution in [3.8, 4) is 17.2 Å². The summed E-state index contributed by atoms with van der Waals surface area (Å²) in [6, 6.07) is 4.26. The molecule has 0 spiro atoms. The van der Waals surface area contributed by atoms with Crippen molar-refractivity contribution in [2.24, 2.45) is 10.9 Å². The number of benzene rings is 1. The Hall–Kier alpha value is -1.46. The Morgan fingerprint density at radius 2 is 1.74 bits per heavy atom. The molecule has 2 N–H and O–H groups in total. The molecule has 9 heteroatoms. The van der Waals surface area contributed by atoms with Crippen LogP contribution in [0.5, 0.6) is 17.2 Å². The maximum absolute atomic E-state index is 5.58. The van der Waals surface area contributed by atoms with Gasteiger partial charge in [-0.2, -0.15) is 0 Å². The van der Waals surface area contributed by atoms with Gasteiger partial charge in [-0.05, 0) is 25.0 Å². The smallest absolute Gasteiger partial charge is 0.203 e. The van der Waals surface area contributed by atoms with Gasteiger partial charge in [0.15, 0.2) is 17.5 Å². The predicted octanol–water partition coefficient (Wildman–Crippen LogP) is 2.74. The molecular formula is C22H39IN4O4. The molecule has 1 atom stereocenters. The van der Waals surface area contributed by atoms with Gasteiger partial charge in [0.2, 0.25) is 5.75 Å². The van der Waals surface area contributed by atoms with Crippen LogP contribution in [0.1, 0.15) is 26.3 Å². The first-order valence-electron chi connectivity index (χ1n) is 10.7. The van der Waals surface area contributed by atoms with Gasteiger partial charge in [-0.3, -0.25) is 4.90 Å². The van der Waals surface area contributed by atoms with E-state index in [9.17, 15) is 0 Å². The quantitative estimate of drug-likeness (QED) is 0.264. The number of morpholine rings is 1. The first-order chi connectivity index (χ1) is 14.5. The third-order valence-corrected chi connectivity index (χ3v) is 5.30. The Balaban J connectivity index is 0.00000480. The molecule has 1 unspecified atom stereocenters. The zero-order chi connectivity index (χ0) is 21.9. The number of aliphatic imine (C=N–C) groups is 1. The minimum atomic E-state index is 0. The molecule has 2 rings (SSSR count). The summed E-state index contributed by atoms with van der Waals surface area (Å²) >= 11 is 0. The number of guanidine groups is 1. The van der Waals surface area contributed by atoms with Gasteiger partial charge in [-0.1, -0.05) is 13.8 Å². The molecule has 0 aliphatic carbocycles. The van der Waals surface area contributed by atoms with Crippen LogP contribution in [0.2, 0.25) is 0 Å². The summed E-state index contributed by atoms with van der Waals surface area (Å²) in [4.78, 5) is 7.28. The third kappa shape index (κ3) is 7.87. The van der Waals surface area contributed by atoms with Gasteiger partial charge in [-0.25, -0.2) is 4.99 Å². The zero-order valence-corrected chi connectivity index (χ0v) is 22.0. The Labute approximate surface area is 204 Å². The summed E-state index contributed by atoms with van der Waals surface area (Å²) in [5.74, 6) is 3.18. The van der Waals surface area contributed by atoms with Crippen molar-refractivity contribution in [1.29, 1.82) is 0 Å². The van der Waals surface area contributed by atoms with E-state index in [1.165, 1.54) is 0 Å². The molecule has 8 nitrogen and oxygen atoms in total. The topological polar surface area (TPSA) is 76.6 Å². The Morgan fingerprint density at radius 3 is 2.29 bits per heavy atom. The Morgan fingerprint density at radius 1 is 1.06 bits per heavy atom. The average molecular weight is 550 g/mol. The van der Waals surface area contributed by atoms with Crippen LogP contribution < -0.4 is 24.8 Å². The molecule has 0 saturated carbocycles. The highest BCUT2D eigenvalue weighted by atomic mass is 127. The van der Waals surface area contributed by atoms with Gasteiger partial charge in [0.05, 0.1) is 41.1 Å². The van der Waals surface area contributed by atoms with Crippen molar-refractivity contribution < 1.29 is 18.9 Å². The first kappa shape index (κ1) is 27.6. The summed E-state index contributed by atoms with van der Waals surface area (Å²) in [6.45, 7) is 12.2. The van der Waals surface area contributed by atoms with E-state index >= 15 is 0 Å². The van der Waals surface area contributed by atoms with E-state index in [0.29, 0.717) is 35.8 Å². The standard InChI is InChI=1S/C22H38N4O4.HI/c1-7-23-22(25-15-18(16(2)3)26-10-12-30-13-11-26)24-14-17-8-9-19(27-4)21(29-6)20(17)28-5;/h8-9,16,18H,7,10-15H2,1-6H3,(H2,23,24,25);1H. The van der Waals surface area contributed by atoms with E-state index in [1.54, 1.807) is 21.3 Å². The fourth-order valence-electron chi connectivity index (χ4n) is 3.69. The number of hydrogen-bond donors (Lipinski definition) is 2. The van der Waals surface area contributed by atoms with Gasteiger partial charge in [0.1, 0.15) is 0 Å². The highest BCUT2D eigenvalue weighted by Gasteiger charge is 2.24. The number of methoxy groups -OCH3 is 3. The maximum Gasteiger partial charge on any atom is 0.203 e. The molecule has 1 aromatic rings. The first-order valence-corrected chi connectivity index (χ1v) is 10.7. The molecule has 31 heavy (non-hydrogen) atoms. The lowest BCUT2D eigenvalue weighted by Crippen LogP contribution is -2.52. The lowest BCUT2D eigenvalue weighted by atomic mass is 10.0. The fraction of sp³-hybridized carbons (Fsp3) is 0.682. The van der Waals surface area contributed by atoms with Crippen molar-refractivity contribution in [2.75, 3.05) is 60.7 Å². The van der Waals surface area contributed by atoms with Gasteiger partial charge in [0.25, 0.3) is 0 Å². The van der Waals surface area contributed by atoms with Crippen LogP contribution in [0.3, 0.4) is 0 Å². The second kappa shape index (κ2) is 14.6. The summed E-state index contributed by atoms with van der Waals surface area (Å²) in [5.41, 5.74) is 0.931. The van der Waals surface area contributed by atoms with E-state index < -0.39 is 0 Å². The van der Waals surface area contributed by atoms with Crippen LogP contribution in [0.4, 0.5) is 0 Å². The number of halogens is 1. The lowest BCUT2D eigenvalue weighted by molar-refractivity contribution is 0.00752. The van der Waals surface area contributed by atoms with E-state index in [4.69, 9.17) is 23.9 Å². The largest absolute Gasteiger partial charge is 0.493 e. The lowest BCUT2D eigenvalue weighted by Gasteiger charge is -2.37. The minimum absolute atomic E-state index is 0. The Bertz CT molecular complexity index is 682. The van der Waals surface area contributed by atoms with E-state index in [-0.39, 0.29) is 24.0 Å². The van der Waals surface area contributed by atoms with Crippen molar-refractivity contribution in [3.05, 3.63) is 17.7 Å². The fourth-order valence-corrected chi connectivity index (χ4v) is 3.69. The highest BCUT2D eigenvalue weighted by Crippen LogP contribution is 2.39. The van der Waals surface area contributed by atoms with Crippen LogP contribution in [0.25, 0.3) is 0 Å². The zero-order valence-electron chi connectivity index (χ0n) is 19.7. The molecule has 1 aliphatic rings. The molecular weight excluding hydrogens is 511 g/mol. The molecule has 1 aliphatic heterocycles. The maximum atomic E-state index is 5.58. The molecule has 0 radical (unpaired) electrons. The predicted molar refractivity (Wildman–Crippen MR) is 135 cm³/mol. The number of nitrogens with zero attached hydrogens (tertiary/aromatic N) is 2. The summed E-state index contributed by atoms with van der Waals surface area (Å²) < 4.78 is 21.9. The van der Waals surface area contributed by atoms with E-state index in [1.807, 2.05) is 12.1 Å². The van der Waals surface area contributed by atoms with Crippen LogP contribution in [-0.4, -0.2) is 77.6 Å². The Kier molecular flexibility index (Phi) is 13.0. The SMILES string of the molecule is CCNC(=NCc1ccc(OC)c(OC)c1OC)NCC(C(C)C)N1CCOCC1.I. The van der Waals surface area contributed by atoms with Crippen molar-refractivity contribution in [2.45, 2.75) is 33.4 Å². The molecule has 0 amide bonds. The number of rotatable bonds is 10. The van der Waals surface area contributed by atoms with Crippen LogP contribution >= 0.6 is 24.0 Å². The minimum Gasteiger partial charge on any atom is -0.493 e. The van der Waals surface area contributed by atoms with Crippen LogP contribution in [-0.2, 0) is 11.3 Å². The van der Waals surface area contributed by atoms with Crippen molar-refractivity contribution in [1.82, 2.24) is 15.5 Å². The van der Waals surface area contributed by atoms with Gasteiger partial charge >= 0.3 is 0 Å². The van der Waals surface area contributed by atoms with Crippen LogP contribution in [0.15, 0.2) is 17.1 Å². The normalized spacial score (nSPS) is 15.8. The molecule has 0 aromatic heterocycles. The van der Waals surface area contributed by atoms with Crippen LogP contribution in [0, 0.1) is 5.92 Å². The van der Waals surface area contributed by atoms with E-state index in [2.05, 4.69) is 36.3 Å². The third-order valence-electron chi connectivity index (χ3n) is 5.30. The highest BCUT2D eigenvalue weighted by molar-refractivity contribution is 14.0. The molecule has 1 saturated heterocycles. The number of hydrogen-bond acceptors (Lipinski definition) is 6. The van der Waals surface area contributed by atoms with Crippen molar-refractivity contribution >= 4 is 29.9 Å². The van der Waals surface area contributed by atoms with Gasteiger partial charge in [0, 0.05) is 37.8 Å². The van der Waals surface area contributed by atoms with Gasteiger partial charge in [-0.15, -0.1) is 24.0 Å². The summed E-state index contributed by atoms with van der Waals surface area (Å²) in [6.07, 6.45) is 0. The van der Waals surface area contributed by atoms with Gasteiger partial charge < -0.3 is 29.6 Å². The number of ether oxygens (including phenoxy) is 4. The van der Waals surface area contributed by atoms with Crippen molar-refractivity contribution in [3.63, 3.8) is 0 Å². The molecule has 0 bridgehead atoms. The number of nitrogens with one attached hydrogen (secondary N) is 2. The molecule has 178 valence electrons. The average Bonchev–Trinajstić information content (AvgIpc) is 2.77. The molecule has 1 fully saturated rings. The monoisotopic (exact) mass is 550 g/mol. The molecule has 1 heterocycles. The summed E-state index contributed by atoms with van der Waals surface area (Å²) in [5, 5.41) is 6.86. The summed E-state index contributed by atoms with van der Waals surface area (Å²) in [7, 11) is 4.85. The second-order valence-corrected chi connectivity index (χ2v) is 7.53. The van der Waals surface area contributed by atoms with E-state index in [0.717, 1.165) is 50.9 Å². The molecule has 1 aromatic carbocycles.